The number of carbonyl (C=O) groups is 6. The number of piperazine rings is 1. The summed E-state index contributed by atoms with van der Waals surface area (Å²) in [6.07, 6.45) is -1.26. The molecule has 4 amide bonds. The van der Waals surface area contributed by atoms with Gasteiger partial charge in [-0.25, -0.2) is 9.69 Å². The average molecular weight is 1110 g/mol. The highest BCUT2D eigenvalue weighted by molar-refractivity contribution is 6.24. The first kappa shape index (κ1) is 54.9. The van der Waals surface area contributed by atoms with Gasteiger partial charge >= 0.3 is 23.9 Å². The van der Waals surface area contributed by atoms with Crippen molar-refractivity contribution in [3.8, 4) is 29.1 Å². The number of nitrogens with zero attached hydrogens (tertiary/aromatic N) is 4. The van der Waals surface area contributed by atoms with Gasteiger partial charge in [-0.15, -0.1) is 0 Å². The Hall–Kier alpha value is -9.02. The first-order chi connectivity index (χ1) is 39.9. The number of hydrogen-bond acceptors (Lipinski definition) is 15. The zero-order chi connectivity index (χ0) is 57.1. The lowest BCUT2D eigenvalue weighted by atomic mass is 9.64. The second-order valence-electron chi connectivity index (χ2n) is 20.8. The normalized spacial score (nSPS) is 22.1. The van der Waals surface area contributed by atoms with Crippen molar-refractivity contribution >= 4 is 41.4 Å². The third-order valence-electron chi connectivity index (χ3n) is 16.2. The van der Waals surface area contributed by atoms with Gasteiger partial charge in [-0.1, -0.05) is 121 Å². The van der Waals surface area contributed by atoms with E-state index in [2.05, 4.69) is 22.1 Å². The number of benzene rings is 6. The molecule has 2 N–H and O–H groups in total. The Kier molecular flexibility index (Phi) is 15.8. The lowest BCUT2D eigenvalue weighted by Crippen LogP contribution is -2.59. The van der Waals surface area contributed by atoms with Crippen molar-refractivity contribution in [1.82, 2.24) is 20.0 Å². The van der Waals surface area contributed by atoms with Crippen LogP contribution >= 0.6 is 0 Å². The molecule has 5 heterocycles. The van der Waals surface area contributed by atoms with Crippen molar-refractivity contribution in [1.29, 1.82) is 0 Å². The van der Waals surface area contributed by atoms with Gasteiger partial charge in [0.05, 0.1) is 50.6 Å². The number of nitrogens with one attached hydrogen (secondary N) is 1. The van der Waals surface area contributed by atoms with Crippen LogP contribution in [0.5, 0.6) is 17.2 Å². The van der Waals surface area contributed by atoms with E-state index in [9.17, 15) is 14.7 Å². The largest absolute Gasteiger partial charge is 0.491 e. The highest BCUT2D eigenvalue weighted by atomic mass is 16.7. The maximum absolute atomic E-state index is 17.0. The number of aliphatic hydroxyl groups is 1. The van der Waals surface area contributed by atoms with Gasteiger partial charge in [0.1, 0.15) is 29.9 Å². The van der Waals surface area contributed by atoms with E-state index in [1.807, 2.05) is 114 Å². The van der Waals surface area contributed by atoms with E-state index >= 15 is 19.2 Å². The van der Waals surface area contributed by atoms with Crippen molar-refractivity contribution in [3.05, 3.63) is 191 Å². The number of ether oxygens (including phenoxy) is 6. The Bertz CT molecular complexity index is 3420. The third-order valence-corrected chi connectivity index (χ3v) is 16.2. The fourth-order valence-electron chi connectivity index (χ4n) is 12.4. The lowest BCUT2D eigenvalue weighted by molar-refractivity contribution is -0.179. The number of rotatable bonds is 14. The van der Waals surface area contributed by atoms with Gasteiger partial charge in [0.15, 0.2) is 17.4 Å². The summed E-state index contributed by atoms with van der Waals surface area (Å²) in [7, 11) is 2.32. The van der Waals surface area contributed by atoms with Gasteiger partial charge in [0, 0.05) is 44.7 Å². The van der Waals surface area contributed by atoms with Crippen molar-refractivity contribution in [2.75, 3.05) is 65.3 Å². The van der Waals surface area contributed by atoms with Crippen LogP contribution in [0.25, 0.3) is 0 Å². The fraction of sp³-hybridized carbons (Fsp3) is 0.312. The molecule has 6 aromatic rings. The number of aliphatic hydroxyl groups excluding tert-OH is 1. The quantitative estimate of drug-likeness (QED) is 0.0490. The predicted octanol–water partition coefficient (Wildman–Crippen LogP) is 6.97. The van der Waals surface area contributed by atoms with E-state index in [1.165, 1.54) is 0 Å². The molecule has 0 aliphatic carbocycles. The predicted molar refractivity (Wildman–Crippen MR) is 298 cm³/mol. The Morgan fingerprint density at radius 3 is 2.07 bits per heavy atom. The summed E-state index contributed by atoms with van der Waals surface area (Å²) in [4.78, 5) is 97.5. The molecule has 6 aromatic carbocycles. The molecular formula is C64H61N5O13. The number of fused-ring (bicyclic) bond motifs is 4. The lowest BCUT2D eigenvalue weighted by Gasteiger charge is -2.46. The van der Waals surface area contributed by atoms with Gasteiger partial charge in [-0.2, -0.15) is 0 Å². The molecule has 3 fully saturated rings. The number of hydrogen-bond donors (Lipinski definition) is 2. The summed E-state index contributed by atoms with van der Waals surface area (Å²) in [6.45, 7) is 3.58. The molecule has 0 aromatic heterocycles. The van der Waals surface area contributed by atoms with Crippen LogP contribution in [0.4, 0.5) is 10.5 Å². The monoisotopic (exact) mass is 1110 g/mol. The molecule has 5 aliphatic rings. The topological polar surface area (TPSA) is 203 Å². The minimum Gasteiger partial charge on any atom is -0.491 e. The highest BCUT2D eigenvalue weighted by Gasteiger charge is 2.76. The SMILES string of the molecule is COC(=O)C(CC#Cc1ccc2c(c1)[C@]1(C(=O)N2C(=O)N[C@H](C)c2ccccc2)[C@H](C(=O)N2CCN(Cc3ccc4c(c3)OCO4)CC2)[C@H]2C(=O)O[C@H](c3ccccc3)[C@H](c3ccccc3)N2[C@@H]1c1ccc(OCCO)cc1)C(=O)OC. The van der Waals surface area contributed by atoms with Crippen LogP contribution in [0.15, 0.2) is 152 Å². The summed E-state index contributed by atoms with van der Waals surface area (Å²) in [6, 6.07) is 40.9. The van der Waals surface area contributed by atoms with Crippen LogP contribution in [0.3, 0.4) is 0 Å². The van der Waals surface area contributed by atoms with Crippen LogP contribution in [-0.4, -0.2) is 122 Å². The second kappa shape index (κ2) is 23.6. The highest BCUT2D eigenvalue weighted by Crippen LogP contribution is 2.66. The van der Waals surface area contributed by atoms with E-state index in [1.54, 1.807) is 54.3 Å². The zero-order valence-corrected chi connectivity index (χ0v) is 45.5. The molecule has 420 valence electrons. The van der Waals surface area contributed by atoms with Gasteiger partial charge in [0.2, 0.25) is 18.6 Å². The third kappa shape index (κ3) is 10.2. The number of morpholine rings is 1. The summed E-state index contributed by atoms with van der Waals surface area (Å²) >= 11 is 0. The number of methoxy groups -OCH3 is 2. The molecule has 3 saturated heterocycles. The smallest absolute Gasteiger partial charge is 0.329 e. The Labute approximate surface area is 474 Å². The zero-order valence-electron chi connectivity index (χ0n) is 45.5. The second-order valence-corrected chi connectivity index (χ2v) is 20.8. The number of esters is 3. The maximum atomic E-state index is 17.0. The average Bonchev–Trinajstić information content (AvgIpc) is 1.63. The number of amides is 4. The molecule has 18 heteroatoms. The van der Waals surface area contributed by atoms with E-state index < -0.39 is 83.3 Å². The Morgan fingerprint density at radius 1 is 0.744 bits per heavy atom. The summed E-state index contributed by atoms with van der Waals surface area (Å²) in [5.74, 6) is 1.17. The minimum absolute atomic E-state index is 0.00325. The molecule has 82 heavy (non-hydrogen) atoms. The number of cyclic esters (lactones) is 1. The number of anilines is 1. The van der Waals surface area contributed by atoms with E-state index in [0.29, 0.717) is 53.6 Å². The summed E-state index contributed by atoms with van der Waals surface area (Å²) in [5, 5.41) is 12.8. The van der Waals surface area contributed by atoms with Gasteiger partial charge < -0.3 is 43.7 Å². The van der Waals surface area contributed by atoms with Crippen LogP contribution in [0.1, 0.15) is 76.5 Å². The van der Waals surface area contributed by atoms with E-state index in [4.69, 9.17) is 28.4 Å². The maximum Gasteiger partial charge on any atom is 0.329 e. The Morgan fingerprint density at radius 2 is 1.40 bits per heavy atom. The standard InChI is InChI=1S/C64H61N5O13/c1-40(43-15-7-4-8-16-43)65-63(76)68-50-28-22-41(14-13-21-48(59(72)77-2)60(73)78-3)36-49(50)64(62(68)75)53(58(71)67-32-30-66(31-33-67)38-42-23-29-51-52(37-42)81-39-80-51)55-61(74)82-56(45-19-11-6-12-20-45)54(44-17-9-5-10-18-44)69(55)57(64)46-24-26-47(27-25-46)79-35-34-70/h4-12,15-20,22-29,36-37,40,48,53-57,70H,21,30-35,38-39H2,1-3H3,(H,65,76)/t40-,53+,54+,55+,56-,57-,64+/m1/s1. The molecule has 11 rings (SSSR count). The molecule has 0 radical (unpaired) electrons. The molecule has 0 bridgehead atoms. The van der Waals surface area contributed by atoms with Gasteiger partial charge in [-0.05, 0) is 82.8 Å². The van der Waals surface area contributed by atoms with Crippen molar-refractivity contribution in [2.24, 2.45) is 11.8 Å². The molecule has 18 nitrogen and oxygen atoms in total. The first-order valence-electron chi connectivity index (χ1n) is 27.2. The van der Waals surface area contributed by atoms with Gasteiger partial charge in [-0.3, -0.25) is 33.8 Å². The van der Waals surface area contributed by atoms with Crippen LogP contribution in [0.2, 0.25) is 0 Å². The number of imide groups is 1. The summed E-state index contributed by atoms with van der Waals surface area (Å²) < 4.78 is 33.6. The number of urea groups is 1. The minimum atomic E-state index is -2.11. The summed E-state index contributed by atoms with van der Waals surface area (Å²) in [5.41, 5.74) is 2.24. The van der Waals surface area contributed by atoms with Crippen molar-refractivity contribution in [2.45, 2.75) is 55.6 Å². The van der Waals surface area contributed by atoms with E-state index in [0.717, 1.165) is 35.8 Å². The molecule has 0 saturated carbocycles. The molecule has 0 unspecified atom stereocenters. The Balaban J connectivity index is 1.12. The molecule has 5 aliphatic heterocycles. The van der Waals surface area contributed by atoms with E-state index in [-0.39, 0.29) is 50.8 Å². The van der Waals surface area contributed by atoms with Crippen LogP contribution < -0.4 is 24.4 Å². The van der Waals surface area contributed by atoms with Crippen molar-refractivity contribution < 1.29 is 62.3 Å². The van der Waals surface area contributed by atoms with Crippen LogP contribution in [0, 0.1) is 23.7 Å². The molecular weight excluding hydrogens is 1050 g/mol. The fourth-order valence-corrected chi connectivity index (χ4v) is 12.4. The number of carbonyl (C=O) groups excluding carboxylic acids is 6. The van der Waals surface area contributed by atoms with Crippen molar-refractivity contribution in [3.63, 3.8) is 0 Å². The molecule has 1 spiro atoms. The first-order valence-corrected chi connectivity index (χ1v) is 27.2. The molecule has 7 atom stereocenters. The van der Waals surface area contributed by atoms with Gasteiger partial charge in [0.25, 0.3) is 0 Å². The van der Waals surface area contributed by atoms with Crippen LogP contribution in [-0.2, 0) is 50.1 Å².